The van der Waals surface area contributed by atoms with Gasteiger partial charge in [0.15, 0.2) is 0 Å². The Morgan fingerprint density at radius 2 is 0.973 bits per heavy atom. The monoisotopic (exact) mass is 1030 g/mol. The molecule has 0 bridgehead atoms. The van der Waals surface area contributed by atoms with Crippen molar-refractivity contribution in [3.8, 4) is 0 Å². The van der Waals surface area contributed by atoms with E-state index in [0.717, 1.165) is 12.1 Å². The van der Waals surface area contributed by atoms with Crippen LogP contribution in [0, 0.1) is 23.5 Å². The van der Waals surface area contributed by atoms with Gasteiger partial charge in [-0.15, -0.1) is 0 Å². The van der Waals surface area contributed by atoms with Crippen molar-refractivity contribution in [3.05, 3.63) is 144 Å². The molecule has 4 aromatic carbocycles. The molecule has 0 aliphatic heterocycles. The zero-order valence-electron chi connectivity index (χ0n) is 40.8. The Hall–Kier alpha value is -6.91. The van der Waals surface area contributed by atoms with E-state index >= 15 is 0 Å². The maximum Gasteiger partial charge on any atom is 0.400 e. The average molecular weight is 1030 g/mol. The van der Waals surface area contributed by atoms with E-state index < -0.39 is 106 Å². The minimum Gasteiger partial charge on any atom is -0.390 e. The molecule has 0 aliphatic rings. The van der Waals surface area contributed by atoms with Gasteiger partial charge in [-0.3, -0.25) is 29.1 Å². The molecule has 0 spiro atoms. The van der Waals surface area contributed by atoms with Crippen molar-refractivity contribution in [2.75, 3.05) is 0 Å². The maximum atomic E-state index is 14.9. The van der Waals surface area contributed by atoms with Crippen LogP contribution < -0.4 is 22.1 Å². The number of para-hydroxylation sites is 4. The molecule has 0 aliphatic carbocycles. The van der Waals surface area contributed by atoms with Gasteiger partial charge in [-0.25, -0.2) is 27.1 Å². The summed E-state index contributed by atoms with van der Waals surface area (Å²) in [7, 11) is -5.47. The number of rotatable bonds is 26. The molecule has 0 saturated carbocycles. The van der Waals surface area contributed by atoms with Gasteiger partial charge in [0.25, 0.3) is 11.8 Å². The summed E-state index contributed by atoms with van der Waals surface area (Å²) >= 11 is 0. The quantitative estimate of drug-likeness (QED) is 0.0400. The van der Waals surface area contributed by atoms with Gasteiger partial charge in [-0.2, -0.15) is 8.42 Å². The number of benzene rings is 4. The molecule has 0 unspecified atom stereocenters. The Morgan fingerprint density at radius 1 is 0.603 bits per heavy atom. The lowest BCUT2D eigenvalue weighted by Crippen LogP contribution is -2.51. The van der Waals surface area contributed by atoms with Crippen molar-refractivity contribution in [1.82, 2.24) is 30.6 Å². The van der Waals surface area contributed by atoms with Crippen LogP contribution in [-0.2, 0) is 41.2 Å². The van der Waals surface area contributed by atoms with E-state index in [-0.39, 0.29) is 61.0 Å². The number of carbonyl (C=O) groups excluding carboxylic acids is 4. The molecule has 388 valence electrons. The van der Waals surface area contributed by atoms with Gasteiger partial charge in [0.2, 0.25) is 11.8 Å². The van der Waals surface area contributed by atoms with Crippen molar-refractivity contribution in [1.29, 1.82) is 0 Å². The second-order valence-electron chi connectivity index (χ2n) is 19.4. The largest absolute Gasteiger partial charge is 0.400 e. The SMILES string of the molecule is CC(C)(O)CC[C@H](C[C@@H](OS(=O)(=O)O[C@H](C[C@@H](CCC(C)(C)O)C(N)=O)[C@H](Cc1cccc(F)c1)NC(=O)c1cnc2ccccc2n1)[C@H](Cc1cccc(F)c1)NC(=O)c1cnc2ccccc2n1)C(N)=O. The van der Waals surface area contributed by atoms with Crippen molar-refractivity contribution in [2.24, 2.45) is 23.3 Å². The highest BCUT2D eigenvalue weighted by Gasteiger charge is 2.39. The fraction of sp³-hybridized carbons (Fsp3) is 0.385. The topological polar surface area (TPSA) is 289 Å². The fourth-order valence-electron chi connectivity index (χ4n) is 8.24. The van der Waals surface area contributed by atoms with Crippen LogP contribution in [0.4, 0.5) is 8.78 Å². The molecule has 2 heterocycles. The fourth-order valence-corrected chi connectivity index (χ4v) is 9.32. The summed E-state index contributed by atoms with van der Waals surface area (Å²) in [4.78, 5) is 72.2. The first kappa shape index (κ1) is 55.4. The Morgan fingerprint density at radius 3 is 1.32 bits per heavy atom. The lowest BCUT2D eigenvalue weighted by Gasteiger charge is -2.33. The summed E-state index contributed by atoms with van der Waals surface area (Å²) in [5.41, 5.74) is 11.0. The van der Waals surface area contributed by atoms with Crippen LogP contribution in [0.15, 0.2) is 109 Å². The first-order valence-electron chi connectivity index (χ1n) is 23.6. The number of fused-ring (bicyclic) bond motifs is 2. The van der Waals surface area contributed by atoms with E-state index in [4.69, 9.17) is 19.8 Å². The highest BCUT2D eigenvalue weighted by atomic mass is 32.3. The van der Waals surface area contributed by atoms with Crippen molar-refractivity contribution < 1.29 is 55.0 Å². The molecule has 0 fully saturated rings. The van der Waals surface area contributed by atoms with E-state index in [0.29, 0.717) is 22.1 Å². The van der Waals surface area contributed by atoms with E-state index in [1.165, 1.54) is 76.5 Å². The van der Waals surface area contributed by atoms with Crippen LogP contribution in [0.25, 0.3) is 22.1 Å². The van der Waals surface area contributed by atoms with Crippen LogP contribution in [0.1, 0.15) is 98.3 Å². The Balaban J connectivity index is 1.45. The normalized spacial score (nSPS) is 14.7. The number of nitrogens with one attached hydrogen (secondary N) is 2. The molecule has 6 atom stereocenters. The van der Waals surface area contributed by atoms with Crippen LogP contribution in [0.2, 0.25) is 0 Å². The van der Waals surface area contributed by atoms with Crippen molar-refractivity contribution in [2.45, 2.75) is 115 Å². The predicted molar refractivity (Wildman–Crippen MR) is 266 cm³/mol. The van der Waals surface area contributed by atoms with Gasteiger partial charge in [-0.1, -0.05) is 48.5 Å². The van der Waals surface area contributed by atoms with E-state index in [2.05, 4.69) is 30.6 Å². The average Bonchev–Trinajstić information content (AvgIpc) is 3.31. The predicted octanol–water partition coefficient (Wildman–Crippen LogP) is 5.33. The van der Waals surface area contributed by atoms with Crippen molar-refractivity contribution >= 4 is 56.1 Å². The van der Waals surface area contributed by atoms with Gasteiger partial charge >= 0.3 is 10.4 Å². The Labute approximate surface area is 421 Å². The van der Waals surface area contributed by atoms with E-state index in [9.17, 15) is 46.6 Å². The maximum absolute atomic E-state index is 14.9. The molecule has 2 aromatic heterocycles. The summed E-state index contributed by atoms with van der Waals surface area (Å²) in [5, 5.41) is 26.8. The Bertz CT molecular complexity index is 2830. The number of aliphatic hydroxyl groups is 2. The third kappa shape index (κ3) is 17.1. The molecule has 0 saturated heterocycles. The second-order valence-corrected chi connectivity index (χ2v) is 20.6. The number of aromatic nitrogens is 4. The minimum atomic E-state index is -5.47. The highest BCUT2D eigenvalue weighted by Crippen LogP contribution is 2.29. The molecule has 18 nitrogen and oxygen atoms in total. The number of hydrogen-bond acceptors (Lipinski definition) is 14. The molecule has 6 rings (SSSR count). The van der Waals surface area contributed by atoms with Crippen LogP contribution >= 0.6 is 0 Å². The van der Waals surface area contributed by atoms with Gasteiger partial charge in [0.05, 0.1) is 57.7 Å². The smallest absolute Gasteiger partial charge is 0.390 e. The number of nitrogens with zero attached hydrogens (tertiary/aromatic N) is 4. The molecule has 8 N–H and O–H groups in total. The molecule has 0 radical (unpaired) electrons. The standard InChI is InChI=1S/C52H60F2N8O10S/c1-51(2,67)21-19-33(47(55)63)27-45(41(25-31-11-9-13-35(53)23-31)61-49(65)43-29-57-37-15-5-7-17-39(37)59-43)71-73(69,70)72-46(28-34(48(56)64)20-22-52(3,4)68)42(26-32-12-10-14-36(54)24-32)62-50(66)44-30-58-38-16-6-8-18-40(38)60-44/h5-18,23-24,29-30,33-34,41-42,45-46,67-68H,19-22,25-28H2,1-4H3,(H2,55,63)(H2,56,64)(H,61,65)(H,62,66)/t33-,34-,41+,42+,45-,46-/m1/s1. The summed E-state index contributed by atoms with van der Waals surface area (Å²) in [6.07, 6.45) is -2.94. The number of nitrogens with two attached hydrogens (primary N) is 2. The zero-order chi connectivity index (χ0) is 53.1. The number of carbonyl (C=O) groups is 4. The number of hydrogen-bond donors (Lipinski definition) is 6. The molecule has 4 amide bonds. The van der Waals surface area contributed by atoms with E-state index in [1.54, 1.807) is 48.5 Å². The summed E-state index contributed by atoms with van der Waals surface area (Å²) < 4.78 is 71.2. The number of halogens is 2. The number of primary amides is 2. The third-order valence-electron chi connectivity index (χ3n) is 12.1. The molecular weight excluding hydrogens is 967 g/mol. The lowest BCUT2D eigenvalue weighted by molar-refractivity contribution is -0.124. The van der Waals surface area contributed by atoms with Crippen molar-refractivity contribution in [3.63, 3.8) is 0 Å². The van der Waals surface area contributed by atoms with Gasteiger partial charge in [-0.05, 0) is 139 Å². The van der Waals surface area contributed by atoms with Crippen LogP contribution in [-0.4, -0.2) is 97.7 Å². The minimum absolute atomic E-state index is 0.00838. The van der Waals surface area contributed by atoms with Crippen LogP contribution in [0.3, 0.4) is 0 Å². The third-order valence-corrected chi connectivity index (χ3v) is 13.1. The molecule has 21 heteroatoms. The second kappa shape index (κ2) is 24.2. The van der Waals surface area contributed by atoms with Gasteiger partial charge in [0.1, 0.15) is 35.2 Å². The molecular formula is C52H60F2N8O10S. The van der Waals surface area contributed by atoms with Gasteiger partial charge < -0.3 is 32.3 Å². The zero-order valence-corrected chi connectivity index (χ0v) is 41.6. The van der Waals surface area contributed by atoms with E-state index in [1.807, 2.05) is 0 Å². The number of amides is 4. The lowest BCUT2D eigenvalue weighted by atomic mass is 9.87. The molecule has 6 aromatic rings. The molecule has 73 heavy (non-hydrogen) atoms. The summed E-state index contributed by atoms with van der Waals surface area (Å²) in [5.74, 6) is -7.27. The first-order valence-corrected chi connectivity index (χ1v) is 24.9. The first-order chi connectivity index (χ1) is 34.4. The highest BCUT2D eigenvalue weighted by molar-refractivity contribution is 7.81. The Kier molecular flexibility index (Phi) is 18.4. The summed E-state index contributed by atoms with van der Waals surface area (Å²) in [6, 6.07) is 21.1. The van der Waals surface area contributed by atoms with Crippen LogP contribution in [0.5, 0.6) is 0 Å². The summed E-state index contributed by atoms with van der Waals surface area (Å²) in [6.45, 7) is 6.01. The van der Waals surface area contributed by atoms with Gasteiger partial charge in [0, 0.05) is 11.8 Å².